The molecule has 1 fully saturated rings. The molecule has 1 aliphatic rings. The molecular formula is C26H21ClN4O3S. The van der Waals surface area contributed by atoms with Gasteiger partial charge in [-0.2, -0.15) is 0 Å². The van der Waals surface area contributed by atoms with Crippen LogP contribution >= 0.6 is 23.8 Å². The molecule has 1 aliphatic heterocycles. The molecule has 7 nitrogen and oxygen atoms in total. The maximum Gasteiger partial charge on any atom is 0.337 e. The van der Waals surface area contributed by atoms with E-state index in [2.05, 4.69) is 10.3 Å². The van der Waals surface area contributed by atoms with Crippen molar-refractivity contribution >= 4 is 40.6 Å². The van der Waals surface area contributed by atoms with Gasteiger partial charge in [0.05, 0.1) is 30.1 Å². The van der Waals surface area contributed by atoms with Crippen molar-refractivity contribution in [2.45, 2.75) is 12.1 Å². The van der Waals surface area contributed by atoms with E-state index in [4.69, 9.17) is 28.6 Å². The van der Waals surface area contributed by atoms with Crippen molar-refractivity contribution in [1.82, 2.24) is 14.9 Å². The summed E-state index contributed by atoms with van der Waals surface area (Å²) >= 11 is 12.0. The van der Waals surface area contributed by atoms with Gasteiger partial charge in [0.25, 0.3) is 0 Å². The van der Waals surface area contributed by atoms with Crippen LogP contribution in [0.3, 0.4) is 0 Å². The quantitative estimate of drug-likeness (QED) is 0.286. The molecule has 2 aromatic heterocycles. The van der Waals surface area contributed by atoms with Gasteiger partial charge in [-0.15, -0.1) is 0 Å². The number of benzene rings is 2. The lowest BCUT2D eigenvalue weighted by Crippen LogP contribution is -2.30. The number of thiocarbonyl (C=S) groups is 1. The third-order valence-corrected chi connectivity index (χ3v) is 6.49. The Morgan fingerprint density at radius 3 is 2.63 bits per heavy atom. The van der Waals surface area contributed by atoms with E-state index < -0.39 is 5.97 Å². The predicted octanol–water partition coefficient (Wildman–Crippen LogP) is 5.20. The maximum absolute atomic E-state index is 11.9. The molecule has 0 bridgehead atoms. The normalized spacial score (nSPS) is 17.3. The van der Waals surface area contributed by atoms with Gasteiger partial charge in [-0.1, -0.05) is 17.7 Å². The van der Waals surface area contributed by atoms with E-state index in [0.29, 0.717) is 21.4 Å². The van der Waals surface area contributed by atoms with Crippen LogP contribution in [0.4, 0.5) is 5.69 Å². The van der Waals surface area contributed by atoms with Gasteiger partial charge in [0.1, 0.15) is 11.8 Å². The number of carbonyl (C=O) groups excluding carboxylic acids is 1. The second-order valence-corrected chi connectivity index (χ2v) is 8.79. The van der Waals surface area contributed by atoms with Crippen molar-refractivity contribution in [1.29, 1.82) is 0 Å². The molecule has 2 unspecified atom stereocenters. The number of hydrogen-bond donors (Lipinski definition) is 2. The van der Waals surface area contributed by atoms with Crippen LogP contribution in [0.25, 0.3) is 5.69 Å². The number of ether oxygens (including phenoxy) is 1. The highest BCUT2D eigenvalue weighted by molar-refractivity contribution is 7.80. The number of hydrogen-bond acceptors (Lipinski definition) is 5. The monoisotopic (exact) mass is 504 g/mol. The molecule has 5 rings (SSSR count). The van der Waals surface area contributed by atoms with E-state index in [0.717, 1.165) is 17.1 Å². The summed E-state index contributed by atoms with van der Waals surface area (Å²) in [6.07, 6.45) is 3.68. The fraction of sp³-hybridized carbons (Fsp3) is 0.115. The number of pyridine rings is 1. The van der Waals surface area contributed by atoms with E-state index in [1.54, 1.807) is 36.5 Å². The SMILES string of the molecule is COC(=O)c1ccc(-n2cccc2C2C(c3ccccn3)NC(=S)N2c2cc(Cl)ccc2O)cc1. The molecule has 35 heavy (non-hydrogen) atoms. The maximum atomic E-state index is 11.9. The number of phenolic OH excluding ortho intramolecular Hbond substituents is 1. The van der Waals surface area contributed by atoms with Gasteiger partial charge >= 0.3 is 5.97 Å². The number of nitrogens with zero attached hydrogens (tertiary/aromatic N) is 3. The lowest BCUT2D eigenvalue weighted by atomic mass is 10.0. The average Bonchev–Trinajstić information content (AvgIpc) is 3.50. The lowest BCUT2D eigenvalue weighted by molar-refractivity contribution is 0.0600. The number of aromatic nitrogens is 2. The van der Waals surface area contributed by atoms with Gasteiger partial charge in [-0.25, -0.2) is 4.79 Å². The highest BCUT2D eigenvalue weighted by Gasteiger charge is 2.43. The molecule has 2 N–H and O–H groups in total. The summed E-state index contributed by atoms with van der Waals surface area (Å²) in [5.41, 5.74) is 3.51. The Morgan fingerprint density at radius 1 is 1.11 bits per heavy atom. The molecule has 176 valence electrons. The molecule has 1 saturated heterocycles. The summed E-state index contributed by atoms with van der Waals surface area (Å²) in [4.78, 5) is 18.3. The summed E-state index contributed by atoms with van der Waals surface area (Å²) in [6, 6.07) is 21.0. The average molecular weight is 505 g/mol. The predicted molar refractivity (Wildman–Crippen MR) is 138 cm³/mol. The second kappa shape index (κ2) is 9.40. The number of methoxy groups -OCH3 is 1. The molecule has 2 aromatic carbocycles. The van der Waals surface area contributed by atoms with Crippen LogP contribution in [0.15, 0.2) is 85.2 Å². The van der Waals surface area contributed by atoms with Crippen LogP contribution in [-0.2, 0) is 4.74 Å². The van der Waals surface area contributed by atoms with E-state index in [-0.39, 0.29) is 17.8 Å². The van der Waals surface area contributed by atoms with Gasteiger partial charge < -0.3 is 24.6 Å². The third-order valence-electron chi connectivity index (χ3n) is 5.94. The first-order valence-electron chi connectivity index (χ1n) is 10.8. The molecule has 4 aromatic rings. The van der Waals surface area contributed by atoms with Crippen LogP contribution in [0.5, 0.6) is 5.75 Å². The first-order chi connectivity index (χ1) is 17.0. The van der Waals surface area contributed by atoms with Crippen molar-refractivity contribution < 1.29 is 14.6 Å². The number of halogens is 1. The Morgan fingerprint density at radius 2 is 1.91 bits per heavy atom. The fourth-order valence-electron chi connectivity index (χ4n) is 4.35. The minimum atomic E-state index is -0.396. The van der Waals surface area contributed by atoms with Gasteiger partial charge in [0.15, 0.2) is 5.11 Å². The number of carbonyl (C=O) groups is 1. The zero-order valence-electron chi connectivity index (χ0n) is 18.6. The zero-order valence-corrected chi connectivity index (χ0v) is 20.2. The van der Waals surface area contributed by atoms with Crippen molar-refractivity contribution in [3.8, 4) is 11.4 Å². The van der Waals surface area contributed by atoms with E-state index >= 15 is 0 Å². The summed E-state index contributed by atoms with van der Waals surface area (Å²) < 4.78 is 6.83. The van der Waals surface area contributed by atoms with Crippen LogP contribution < -0.4 is 10.2 Å². The zero-order chi connectivity index (χ0) is 24.5. The number of rotatable bonds is 5. The summed E-state index contributed by atoms with van der Waals surface area (Å²) in [6.45, 7) is 0. The van der Waals surface area contributed by atoms with Gasteiger partial charge in [0.2, 0.25) is 0 Å². The molecular weight excluding hydrogens is 484 g/mol. The van der Waals surface area contributed by atoms with Crippen LogP contribution in [0, 0.1) is 0 Å². The van der Waals surface area contributed by atoms with Crippen LogP contribution in [0.2, 0.25) is 5.02 Å². The highest BCUT2D eigenvalue weighted by Crippen LogP contribution is 2.45. The number of aromatic hydroxyl groups is 1. The Balaban J connectivity index is 1.64. The number of phenols is 1. The molecule has 0 saturated carbocycles. The number of anilines is 1. The fourth-order valence-corrected chi connectivity index (χ4v) is 4.86. The van der Waals surface area contributed by atoms with Crippen LogP contribution in [-0.4, -0.2) is 32.8 Å². The molecule has 0 spiro atoms. The Hall–Kier alpha value is -3.88. The number of esters is 1. The minimum Gasteiger partial charge on any atom is -0.506 e. The molecule has 9 heteroatoms. The third kappa shape index (κ3) is 4.22. The lowest BCUT2D eigenvalue weighted by Gasteiger charge is -2.29. The standard InChI is InChI=1S/C26H21ClN4O3S/c1-34-25(33)16-7-10-18(11-8-16)30-14-4-6-20(30)24-23(19-5-2-3-13-28-19)29-26(35)31(24)21-15-17(27)9-12-22(21)32/h2-15,23-24,32H,1H3,(H,29,35). The van der Waals surface area contributed by atoms with Gasteiger partial charge in [-0.05, 0) is 78.9 Å². The van der Waals surface area contributed by atoms with Crippen molar-refractivity contribution in [2.75, 3.05) is 12.0 Å². The van der Waals surface area contributed by atoms with Crippen molar-refractivity contribution in [3.05, 3.63) is 107 Å². The summed E-state index contributed by atoms with van der Waals surface area (Å²) in [5, 5.41) is 15.0. The highest BCUT2D eigenvalue weighted by atomic mass is 35.5. The van der Waals surface area contributed by atoms with E-state index in [1.165, 1.54) is 7.11 Å². The first-order valence-corrected chi connectivity index (χ1v) is 11.6. The summed E-state index contributed by atoms with van der Waals surface area (Å²) in [5.74, 6) is -0.335. The topological polar surface area (TPSA) is 79.6 Å². The van der Waals surface area contributed by atoms with Gasteiger partial charge in [0, 0.05) is 28.8 Å². The van der Waals surface area contributed by atoms with Gasteiger partial charge in [-0.3, -0.25) is 4.98 Å². The largest absolute Gasteiger partial charge is 0.506 e. The van der Waals surface area contributed by atoms with Crippen molar-refractivity contribution in [3.63, 3.8) is 0 Å². The van der Waals surface area contributed by atoms with E-state index in [9.17, 15) is 9.90 Å². The molecule has 3 heterocycles. The Bertz CT molecular complexity index is 1390. The Labute approximate surface area is 212 Å². The molecule has 0 aliphatic carbocycles. The summed E-state index contributed by atoms with van der Waals surface area (Å²) in [7, 11) is 1.36. The van der Waals surface area contributed by atoms with Crippen molar-refractivity contribution in [2.24, 2.45) is 0 Å². The van der Waals surface area contributed by atoms with E-state index in [1.807, 2.05) is 58.1 Å². The minimum absolute atomic E-state index is 0.0609. The van der Waals surface area contributed by atoms with Crippen LogP contribution in [0.1, 0.15) is 33.8 Å². The smallest absolute Gasteiger partial charge is 0.337 e. The first kappa shape index (κ1) is 22.9. The molecule has 0 amide bonds. The molecule has 2 atom stereocenters. The molecule has 0 radical (unpaired) electrons. The Kier molecular flexibility index (Phi) is 6.15. The number of nitrogens with one attached hydrogen (secondary N) is 1. The second-order valence-electron chi connectivity index (χ2n) is 7.97.